The van der Waals surface area contributed by atoms with Gasteiger partial charge < -0.3 is 10.1 Å². The van der Waals surface area contributed by atoms with Gasteiger partial charge in [0.1, 0.15) is 5.75 Å². The first kappa shape index (κ1) is 13.4. The minimum atomic E-state index is 0.0281. The minimum absolute atomic E-state index is 0.0281. The van der Waals surface area contributed by atoms with Gasteiger partial charge in [0.15, 0.2) is 5.11 Å². The van der Waals surface area contributed by atoms with Crippen molar-refractivity contribution in [3.05, 3.63) is 24.3 Å². The second-order valence-electron chi connectivity index (χ2n) is 5.29. The Kier molecular flexibility index (Phi) is 3.61. The summed E-state index contributed by atoms with van der Waals surface area (Å²) in [6.07, 6.45) is 4.24. The fraction of sp³-hybridized carbons (Fsp3) is 0.467. The van der Waals surface area contributed by atoms with Gasteiger partial charge in [-0.1, -0.05) is 25.0 Å². The van der Waals surface area contributed by atoms with E-state index < -0.39 is 0 Å². The number of nitrogens with zero attached hydrogens (tertiary/aromatic N) is 1. The van der Waals surface area contributed by atoms with Crippen molar-refractivity contribution in [2.75, 3.05) is 12.0 Å². The first-order chi connectivity index (χ1) is 9.72. The van der Waals surface area contributed by atoms with Crippen LogP contribution in [0.1, 0.15) is 25.7 Å². The first-order valence-electron chi connectivity index (χ1n) is 7.00. The molecule has 4 nitrogen and oxygen atoms in total. The molecule has 1 N–H and O–H groups in total. The molecule has 0 unspecified atom stereocenters. The van der Waals surface area contributed by atoms with Gasteiger partial charge in [-0.05, 0) is 37.2 Å². The van der Waals surface area contributed by atoms with E-state index in [1.54, 1.807) is 12.0 Å². The summed E-state index contributed by atoms with van der Waals surface area (Å²) >= 11 is 5.40. The number of nitrogens with one attached hydrogen (secondary N) is 1. The lowest BCUT2D eigenvalue weighted by Gasteiger charge is -2.41. The Hall–Kier alpha value is -1.62. The topological polar surface area (TPSA) is 41.6 Å². The fourth-order valence-corrected chi connectivity index (χ4v) is 3.47. The highest BCUT2D eigenvalue weighted by Gasteiger charge is 2.41. The van der Waals surface area contributed by atoms with Gasteiger partial charge in [-0.25, -0.2) is 0 Å². The summed E-state index contributed by atoms with van der Waals surface area (Å²) in [4.78, 5) is 14.4. The highest BCUT2D eigenvalue weighted by molar-refractivity contribution is 7.80. The van der Waals surface area contributed by atoms with Crippen LogP contribution in [0.25, 0.3) is 0 Å². The van der Waals surface area contributed by atoms with Crippen LogP contribution in [0.3, 0.4) is 0 Å². The molecule has 2 atom stereocenters. The van der Waals surface area contributed by atoms with Gasteiger partial charge in [0, 0.05) is 6.04 Å². The van der Waals surface area contributed by atoms with Crippen LogP contribution in [0.2, 0.25) is 0 Å². The molecule has 1 saturated heterocycles. The van der Waals surface area contributed by atoms with Crippen LogP contribution in [0, 0.1) is 5.92 Å². The zero-order valence-electron chi connectivity index (χ0n) is 11.5. The molecule has 2 aliphatic rings. The van der Waals surface area contributed by atoms with E-state index in [1.807, 2.05) is 24.3 Å². The largest absolute Gasteiger partial charge is 0.495 e. The van der Waals surface area contributed by atoms with Crippen LogP contribution in [-0.4, -0.2) is 24.2 Å². The summed E-state index contributed by atoms with van der Waals surface area (Å²) in [7, 11) is 1.60. The predicted molar refractivity (Wildman–Crippen MR) is 82.0 cm³/mol. The number of anilines is 1. The molecule has 0 radical (unpaired) electrons. The average molecular weight is 290 g/mol. The van der Waals surface area contributed by atoms with Crippen molar-refractivity contribution in [1.29, 1.82) is 0 Å². The lowest BCUT2D eigenvalue weighted by Crippen LogP contribution is -2.61. The first-order valence-corrected chi connectivity index (χ1v) is 7.40. The van der Waals surface area contributed by atoms with E-state index in [9.17, 15) is 4.79 Å². The SMILES string of the molecule is COc1ccccc1N1C(=O)[C@@H]2CCCC[C@H]2NC1=S. The van der Waals surface area contributed by atoms with Crippen LogP contribution >= 0.6 is 12.2 Å². The van der Waals surface area contributed by atoms with Gasteiger partial charge in [-0.15, -0.1) is 0 Å². The summed E-state index contributed by atoms with van der Waals surface area (Å²) < 4.78 is 5.35. The number of fused-ring (bicyclic) bond motifs is 1. The van der Waals surface area contributed by atoms with Gasteiger partial charge >= 0.3 is 0 Å². The van der Waals surface area contributed by atoms with Gasteiger partial charge in [-0.2, -0.15) is 0 Å². The number of carbonyl (C=O) groups is 1. The third kappa shape index (κ3) is 2.16. The lowest BCUT2D eigenvalue weighted by molar-refractivity contribution is -0.123. The van der Waals surface area contributed by atoms with E-state index in [4.69, 9.17) is 17.0 Å². The van der Waals surface area contributed by atoms with E-state index in [2.05, 4.69) is 5.32 Å². The number of benzene rings is 1. The summed E-state index contributed by atoms with van der Waals surface area (Å²) in [6.45, 7) is 0. The average Bonchev–Trinajstić information content (AvgIpc) is 2.48. The highest BCUT2D eigenvalue weighted by Crippen LogP contribution is 2.35. The molecule has 1 aromatic rings. The van der Waals surface area contributed by atoms with Gasteiger partial charge in [0.05, 0.1) is 18.7 Å². The number of carbonyl (C=O) groups excluding carboxylic acids is 1. The number of rotatable bonds is 2. The molecule has 0 aromatic heterocycles. The normalized spacial score (nSPS) is 25.9. The third-order valence-electron chi connectivity index (χ3n) is 4.14. The Morgan fingerprint density at radius 3 is 2.85 bits per heavy atom. The third-order valence-corrected chi connectivity index (χ3v) is 4.44. The highest BCUT2D eigenvalue weighted by atomic mass is 32.1. The molecule has 1 amide bonds. The molecule has 0 bridgehead atoms. The molecule has 106 valence electrons. The van der Waals surface area contributed by atoms with Crippen molar-refractivity contribution in [2.24, 2.45) is 5.92 Å². The molecular weight excluding hydrogens is 272 g/mol. The smallest absolute Gasteiger partial charge is 0.238 e. The van der Waals surface area contributed by atoms with E-state index in [-0.39, 0.29) is 17.9 Å². The van der Waals surface area contributed by atoms with E-state index in [1.165, 1.54) is 6.42 Å². The maximum absolute atomic E-state index is 12.8. The standard InChI is InChI=1S/C15H18N2O2S/c1-19-13-9-5-4-8-12(13)17-14(18)10-6-2-3-7-11(10)16-15(17)20/h4-5,8-11H,2-3,6-7H2,1H3,(H,16,20)/t10-,11-/m1/s1. The number of amides is 1. The summed E-state index contributed by atoms with van der Waals surface area (Å²) in [5, 5.41) is 3.82. The molecule has 1 aliphatic heterocycles. The Bertz CT molecular complexity index is 546. The van der Waals surface area contributed by atoms with Crippen molar-refractivity contribution >= 4 is 28.9 Å². The van der Waals surface area contributed by atoms with E-state index >= 15 is 0 Å². The second kappa shape index (κ2) is 5.40. The van der Waals surface area contributed by atoms with Gasteiger partial charge in [-0.3, -0.25) is 9.69 Å². The van der Waals surface area contributed by atoms with Crippen LogP contribution in [0.15, 0.2) is 24.3 Å². The monoisotopic (exact) mass is 290 g/mol. The molecule has 2 fully saturated rings. The Morgan fingerprint density at radius 2 is 2.05 bits per heavy atom. The number of thiocarbonyl (C=S) groups is 1. The van der Waals surface area contributed by atoms with E-state index in [0.29, 0.717) is 10.9 Å². The number of hydrogen-bond donors (Lipinski definition) is 1. The summed E-state index contributed by atoms with van der Waals surface area (Å²) in [5.74, 6) is 0.794. The molecule has 1 aliphatic carbocycles. The molecule has 5 heteroatoms. The fourth-order valence-electron chi connectivity index (χ4n) is 3.13. The molecular formula is C15H18N2O2S. The predicted octanol–water partition coefficient (Wildman–Crippen LogP) is 2.48. The summed E-state index contributed by atoms with van der Waals surface area (Å²) in [6, 6.07) is 7.69. The Balaban J connectivity index is 1.96. The maximum atomic E-state index is 12.8. The maximum Gasteiger partial charge on any atom is 0.238 e. The van der Waals surface area contributed by atoms with Crippen molar-refractivity contribution in [3.8, 4) is 5.75 Å². The lowest BCUT2D eigenvalue weighted by atomic mass is 9.82. The van der Waals surface area contributed by atoms with Crippen LogP contribution in [-0.2, 0) is 4.79 Å². The number of methoxy groups -OCH3 is 1. The molecule has 1 saturated carbocycles. The molecule has 20 heavy (non-hydrogen) atoms. The van der Waals surface area contributed by atoms with Crippen molar-refractivity contribution < 1.29 is 9.53 Å². The van der Waals surface area contributed by atoms with E-state index in [0.717, 1.165) is 24.9 Å². The van der Waals surface area contributed by atoms with Crippen LogP contribution in [0.4, 0.5) is 5.69 Å². The Labute approximate surface area is 124 Å². The van der Waals surface area contributed by atoms with Crippen LogP contribution in [0.5, 0.6) is 5.75 Å². The minimum Gasteiger partial charge on any atom is -0.495 e. The molecule has 1 heterocycles. The molecule has 3 rings (SSSR count). The Morgan fingerprint density at radius 1 is 1.30 bits per heavy atom. The quantitative estimate of drug-likeness (QED) is 0.850. The van der Waals surface area contributed by atoms with Gasteiger partial charge in [0.25, 0.3) is 0 Å². The molecule has 1 aromatic carbocycles. The van der Waals surface area contributed by atoms with Crippen molar-refractivity contribution in [2.45, 2.75) is 31.7 Å². The van der Waals surface area contributed by atoms with Crippen molar-refractivity contribution in [1.82, 2.24) is 5.32 Å². The zero-order valence-corrected chi connectivity index (χ0v) is 12.3. The molecule has 0 spiro atoms. The number of ether oxygens (including phenoxy) is 1. The zero-order chi connectivity index (χ0) is 14.1. The second-order valence-corrected chi connectivity index (χ2v) is 5.68. The van der Waals surface area contributed by atoms with Gasteiger partial charge in [0.2, 0.25) is 5.91 Å². The summed E-state index contributed by atoms with van der Waals surface area (Å²) in [5.41, 5.74) is 0.724. The number of hydrogen-bond acceptors (Lipinski definition) is 3. The number of para-hydroxylation sites is 2. The van der Waals surface area contributed by atoms with Crippen LogP contribution < -0.4 is 15.0 Å². The van der Waals surface area contributed by atoms with Crippen molar-refractivity contribution in [3.63, 3.8) is 0 Å².